The molecule has 0 saturated heterocycles. The van der Waals surface area contributed by atoms with Crippen molar-refractivity contribution in [3.63, 3.8) is 0 Å². The Morgan fingerprint density at radius 2 is 1.80 bits per heavy atom. The summed E-state index contributed by atoms with van der Waals surface area (Å²) in [6, 6.07) is 20.3. The van der Waals surface area contributed by atoms with Crippen LogP contribution in [0.5, 0.6) is 0 Å². The Balaban J connectivity index is 1.44. The molecule has 0 bridgehead atoms. The second-order valence-electron chi connectivity index (χ2n) is 5.89. The molecule has 3 nitrogen and oxygen atoms in total. The number of hydrogen-bond donors (Lipinski definition) is 2. The largest absolute Gasteiger partial charge is 0.361 e. The zero-order valence-electron chi connectivity index (χ0n) is 13.7. The predicted molar refractivity (Wildman–Crippen MR) is 104 cm³/mol. The third kappa shape index (κ3) is 3.21. The molecule has 0 radical (unpaired) electrons. The van der Waals surface area contributed by atoms with E-state index >= 15 is 0 Å². The average Bonchev–Trinajstić information content (AvgIpc) is 3.30. The van der Waals surface area contributed by atoms with Crippen molar-refractivity contribution in [2.24, 2.45) is 0 Å². The molecule has 1 amide bonds. The Morgan fingerprint density at radius 3 is 2.68 bits per heavy atom. The van der Waals surface area contributed by atoms with E-state index < -0.39 is 0 Å². The van der Waals surface area contributed by atoms with Crippen molar-refractivity contribution in [3.05, 3.63) is 82.7 Å². The molecule has 2 heterocycles. The summed E-state index contributed by atoms with van der Waals surface area (Å²) in [6.07, 6.45) is 2.83. The van der Waals surface area contributed by atoms with Gasteiger partial charge in [0.2, 0.25) is 0 Å². The second-order valence-corrected chi connectivity index (χ2v) is 6.81. The maximum absolute atomic E-state index is 12.6. The third-order valence-corrected chi connectivity index (χ3v) is 5.22. The number of hydrogen-bond acceptors (Lipinski definition) is 2. The number of nitrogens with one attached hydrogen (secondary N) is 2. The number of amides is 1. The number of aromatic amines is 1. The molecule has 0 spiro atoms. The summed E-state index contributed by atoms with van der Waals surface area (Å²) in [7, 11) is 0. The number of carbonyl (C=O) groups excluding carboxylic acids is 1. The van der Waals surface area contributed by atoms with Crippen molar-refractivity contribution in [3.8, 4) is 11.1 Å². The van der Waals surface area contributed by atoms with Crippen LogP contribution in [0.2, 0.25) is 0 Å². The highest BCUT2D eigenvalue weighted by atomic mass is 32.1. The fourth-order valence-electron chi connectivity index (χ4n) is 3.06. The van der Waals surface area contributed by atoms with Crippen LogP contribution in [-0.2, 0) is 6.42 Å². The number of H-pyrrole nitrogens is 1. The Morgan fingerprint density at radius 1 is 1.00 bits per heavy atom. The zero-order chi connectivity index (χ0) is 17.1. The Bertz CT molecular complexity index is 1000. The first-order valence-electron chi connectivity index (χ1n) is 8.29. The Labute approximate surface area is 150 Å². The molecule has 0 aliphatic rings. The van der Waals surface area contributed by atoms with E-state index in [0.29, 0.717) is 6.54 Å². The highest BCUT2D eigenvalue weighted by Crippen LogP contribution is 2.28. The Kier molecular flexibility index (Phi) is 4.36. The molecule has 0 aliphatic carbocycles. The van der Waals surface area contributed by atoms with Crippen molar-refractivity contribution < 1.29 is 4.79 Å². The summed E-state index contributed by atoms with van der Waals surface area (Å²) in [6.45, 7) is 0.618. The minimum atomic E-state index is -0.00584. The van der Waals surface area contributed by atoms with Crippen LogP contribution in [0.3, 0.4) is 0 Å². The average molecular weight is 346 g/mol. The highest BCUT2D eigenvalue weighted by Gasteiger charge is 2.14. The molecule has 2 aromatic heterocycles. The van der Waals surface area contributed by atoms with Crippen molar-refractivity contribution in [2.75, 3.05) is 6.54 Å². The van der Waals surface area contributed by atoms with Gasteiger partial charge in [-0.15, -0.1) is 11.3 Å². The van der Waals surface area contributed by atoms with Gasteiger partial charge in [-0.2, -0.15) is 0 Å². The monoisotopic (exact) mass is 346 g/mol. The lowest BCUT2D eigenvalue weighted by atomic mass is 10.1. The van der Waals surface area contributed by atoms with Crippen LogP contribution < -0.4 is 5.32 Å². The van der Waals surface area contributed by atoms with Gasteiger partial charge in [0.25, 0.3) is 5.91 Å². The lowest BCUT2D eigenvalue weighted by Crippen LogP contribution is -2.25. The maximum Gasteiger partial charge on any atom is 0.261 e. The molecule has 0 aliphatic heterocycles. The lowest BCUT2D eigenvalue weighted by molar-refractivity contribution is 0.0959. The number of carbonyl (C=O) groups is 1. The van der Waals surface area contributed by atoms with Gasteiger partial charge in [0.05, 0.1) is 4.88 Å². The van der Waals surface area contributed by atoms with Gasteiger partial charge in [0, 0.05) is 29.2 Å². The fourth-order valence-corrected chi connectivity index (χ4v) is 3.89. The summed E-state index contributed by atoms with van der Waals surface area (Å²) in [5.41, 5.74) is 4.43. The molecule has 124 valence electrons. The quantitative estimate of drug-likeness (QED) is 0.532. The van der Waals surface area contributed by atoms with E-state index in [0.717, 1.165) is 27.9 Å². The van der Waals surface area contributed by atoms with Gasteiger partial charge in [-0.1, -0.05) is 48.5 Å². The van der Waals surface area contributed by atoms with E-state index in [4.69, 9.17) is 0 Å². The molecule has 0 unspecified atom stereocenters. The van der Waals surface area contributed by atoms with Crippen molar-refractivity contribution >= 4 is 28.1 Å². The number of aromatic nitrogens is 1. The number of thiophene rings is 1. The molecule has 0 saturated carbocycles. The third-order valence-electron chi connectivity index (χ3n) is 4.31. The first kappa shape index (κ1) is 15.7. The van der Waals surface area contributed by atoms with Crippen LogP contribution in [0.15, 0.2) is 72.2 Å². The number of rotatable bonds is 5. The number of fused-ring (bicyclic) bond motifs is 1. The first-order chi connectivity index (χ1) is 12.3. The molecule has 4 aromatic rings. The fraction of sp³-hybridized carbons (Fsp3) is 0.0952. The minimum absolute atomic E-state index is 0.00584. The molecule has 4 rings (SSSR count). The molecule has 25 heavy (non-hydrogen) atoms. The standard InChI is InChI=1S/C21H18N2OS/c24-21(20-18(11-13-25-20)15-6-2-1-3-7-15)22-12-10-16-14-23-19-9-5-4-8-17(16)19/h1-9,11,13-14,23H,10,12H2,(H,22,24). The van der Waals surface area contributed by atoms with Gasteiger partial charge >= 0.3 is 0 Å². The van der Waals surface area contributed by atoms with Crippen molar-refractivity contribution in [1.82, 2.24) is 10.3 Å². The van der Waals surface area contributed by atoms with E-state index in [1.807, 2.05) is 60.1 Å². The lowest BCUT2D eigenvalue weighted by Gasteiger charge is -2.06. The SMILES string of the molecule is O=C(NCCc1c[nH]c2ccccc12)c1sccc1-c1ccccc1. The zero-order valence-corrected chi connectivity index (χ0v) is 14.5. The summed E-state index contributed by atoms with van der Waals surface area (Å²) in [4.78, 5) is 16.6. The van der Waals surface area contributed by atoms with Crippen LogP contribution in [-0.4, -0.2) is 17.4 Å². The summed E-state index contributed by atoms with van der Waals surface area (Å²) in [5, 5.41) is 6.25. The normalized spacial score (nSPS) is 10.9. The topological polar surface area (TPSA) is 44.9 Å². The van der Waals surface area contributed by atoms with Gasteiger partial charge in [0.15, 0.2) is 0 Å². The van der Waals surface area contributed by atoms with Crippen LogP contribution in [0.1, 0.15) is 15.2 Å². The number of benzene rings is 2. The van der Waals surface area contributed by atoms with Gasteiger partial charge in [-0.25, -0.2) is 0 Å². The Hall–Kier alpha value is -2.85. The molecule has 2 aromatic carbocycles. The van der Waals surface area contributed by atoms with E-state index in [1.54, 1.807) is 0 Å². The van der Waals surface area contributed by atoms with E-state index in [9.17, 15) is 4.79 Å². The van der Waals surface area contributed by atoms with Gasteiger partial charge < -0.3 is 10.3 Å². The summed E-state index contributed by atoms with van der Waals surface area (Å²) in [5.74, 6) is -0.00584. The van der Waals surface area contributed by atoms with Gasteiger partial charge in [-0.3, -0.25) is 4.79 Å². The molecular weight excluding hydrogens is 328 g/mol. The summed E-state index contributed by atoms with van der Waals surface area (Å²) >= 11 is 1.48. The van der Waals surface area contributed by atoms with E-state index in [-0.39, 0.29) is 5.91 Å². The predicted octanol–water partition coefficient (Wildman–Crippen LogP) is 4.87. The number of para-hydroxylation sites is 1. The first-order valence-corrected chi connectivity index (χ1v) is 9.17. The second kappa shape index (κ2) is 6.95. The van der Waals surface area contributed by atoms with Crippen molar-refractivity contribution in [1.29, 1.82) is 0 Å². The van der Waals surface area contributed by atoms with Gasteiger partial charge in [-0.05, 0) is 35.1 Å². The van der Waals surface area contributed by atoms with E-state index in [2.05, 4.69) is 22.4 Å². The molecule has 4 heteroatoms. The minimum Gasteiger partial charge on any atom is -0.361 e. The van der Waals surface area contributed by atoms with Gasteiger partial charge in [0.1, 0.15) is 0 Å². The molecule has 0 atom stereocenters. The van der Waals surface area contributed by atoms with Crippen molar-refractivity contribution in [2.45, 2.75) is 6.42 Å². The molecule has 0 fully saturated rings. The molecule has 2 N–H and O–H groups in total. The van der Waals surface area contributed by atoms with Crippen LogP contribution >= 0.6 is 11.3 Å². The molecular formula is C21H18N2OS. The van der Waals surface area contributed by atoms with E-state index in [1.165, 1.54) is 22.3 Å². The van der Waals surface area contributed by atoms with Crippen LogP contribution in [0.4, 0.5) is 0 Å². The van der Waals surface area contributed by atoms with Crippen LogP contribution in [0.25, 0.3) is 22.0 Å². The maximum atomic E-state index is 12.6. The summed E-state index contributed by atoms with van der Waals surface area (Å²) < 4.78 is 0. The smallest absolute Gasteiger partial charge is 0.261 e. The highest BCUT2D eigenvalue weighted by molar-refractivity contribution is 7.12. The van der Waals surface area contributed by atoms with Crippen LogP contribution in [0, 0.1) is 0 Å².